The third-order valence-corrected chi connectivity index (χ3v) is 4.12. The van der Waals surface area contributed by atoms with E-state index >= 15 is 0 Å². The first-order chi connectivity index (χ1) is 11.1. The molecule has 0 atom stereocenters. The highest BCUT2D eigenvalue weighted by molar-refractivity contribution is 6.08. The highest BCUT2D eigenvalue weighted by Crippen LogP contribution is 2.21. The van der Waals surface area contributed by atoms with E-state index in [1.807, 2.05) is 31.2 Å². The lowest BCUT2D eigenvalue weighted by atomic mass is 10.1. The van der Waals surface area contributed by atoms with Crippen LogP contribution in [0, 0.1) is 6.92 Å². The van der Waals surface area contributed by atoms with Crippen molar-refractivity contribution in [3.05, 3.63) is 35.5 Å². The monoisotopic (exact) mass is 313 g/mol. The number of nitrogens with one attached hydrogen (secondary N) is 2. The van der Waals surface area contributed by atoms with Gasteiger partial charge >= 0.3 is 0 Å². The molecule has 1 aliphatic heterocycles. The van der Waals surface area contributed by atoms with Gasteiger partial charge in [-0.25, -0.2) is 0 Å². The molecule has 1 aliphatic rings. The second-order valence-electron chi connectivity index (χ2n) is 5.72. The fraction of sp³-hybridized carbons (Fsp3) is 0.353. The number of carbonyl (C=O) groups excluding carboxylic acids is 3. The number of aromatic nitrogens is 1. The van der Waals surface area contributed by atoms with Gasteiger partial charge in [0.2, 0.25) is 11.8 Å². The number of aryl methyl sites for hydroxylation is 1. The molecule has 2 N–H and O–H groups in total. The second-order valence-corrected chi connectivity index (χ2v) is 5.72. The first-order valence-electron chi connectivity index (χ1n) is 7.76. The van der Waals surface area contributed by atoms with Crippen molar-refractivity contribution in [2.45, 2.75) is 26.2 Å². The third kappa shape index (κ3) is 2.97. The molecular formula is C17H19N3O3. The van der Waals surface area contributed by atoms with Crippen molar-refractivity contribution in [2.24, 2.45) is 0 Å². The van der Waals surface area contributed by atoms with Gasteiger partial charge in [-0.2, -0.15) is 0 Å². The van der Waals surface area contributed by atoms with Crippen LogP contribution in [0.25, 0.3) is 10.9 Å². The van der Waals surface area contributed by atoms with Crippen LogP contribution >= 0.6 is 0 Å². The van der Waals surface area contributed by atoms with Crippen molar-refractivity contribution in [1.29, 1.82) is 0 Å². The number of aromatic amines is 1. The number of fused-ring (bicyclic) bond motifs is 1. The van der Waals surface area contributed by atoms with Gasteiger partial charge in [0, 0.05) is 42.5 Å². The highest BCUT2D eigenvalue weighted by atomic mass is 16.2. The predicted octanol–water partition coefficient (Wildman–Crippen LogP) is 1.75. The van der Waals surface area contributed by atoms with E-state index in [2.05, 4.69) is 10.3 Å². The van der Waals surface area contributed by atoms with Gasteiger partial charge in [-0.05, 0) is 19.4 Å². The molecule has 0 radical (unpaired) electrons. The molecule has 0 unspecified atom stereocenters. The molecule has 120 valence electrons. The van der Waals surface area contributed by atoms with Crippen LogP contribution < -0.4 is 5.32 Å². The summed E-state index contributed by atoms with van der Waals surface area (Å²) in [5.74, 6) is -0.373. The molecule has 6 heteroatoms. The number of carbonyl (C=O) groups is 3. The molecule has 1 aromatic heterocycles. The van der Waals surface area contributed by atoms with Gasteiger partial charge in [0.1, 0.15) is 0 Å². The number of hydrogen-bond acceptors (Lipinski definition) is 3. The average Bonchev–Trinajstić information content (AvgIpc) is 3.03. The van der Waals surface area contributed by atoms with Crippen LogP contribution in [-0.4, -0.2) is 40.7 Å². The quantitative estimate of drug-likeness (QED) is 0.651. The van der Waals surface area contributed by atoms with Gasteiger partial charge in [-0.1, -0.05) is 18.2 Å². The molecular weight excluding hydrogens is 294 g/mol. The van der Waals surface area contributed by atoms with Crippen molar-refractivity contribution < 1.29 is 14.4 Å². The number of para-hydroxylation sites is 1. The normalized spacial score (nSPS) is 14.7. The smallest absolute Gasteiger partial charge is 0.253 e. The van der Waals surface area contributed by atoms with Gasteiger partial charge in [0.15, 0.2) is 0 Å². The second kappa shape index (κ2) is 6.24. The minimum absolute atomic E-state index is 0.117. The topological polar surface area (TPSA) is 82.3 Å². The number of H-pyrrole nitrogens is 1. The first-order valence-corrected chi connectivity index (χ1v) is 7.76. The van der Waals surface area contributed by atoms with E-state index in [-0.39, 0.29) is 17.7 Å². The molecule has 2 heterocycles. The Hall–Kier alpha value is -2.63. The summed E-state index contributed by atoms with van der Waals surface area (Å²) >= 11 is 0. The zero-order chi connectivity index (χ0) is 16.4. The lowest BCUT2D eigenvalue weighted by molar-refractivity contribution is -0.138. The SMILES string of the molecule is Cc1[nH]c2ccccc2c1C(=O)NCCCN1C(=O)CCC1=O. The van der Waals surface area contributed by atoms with Crippen molar-refractivity contribution >= 4 is 28.6 Å². The minimum Gasteiger partial charge on any atom is -0.358 e. The summed E-state index contributed by atoms with van der Waals surface area (Å²) in [7, 11) is 0. The fourth-order valence-corrected chi connectivity index (χ4v) is 2.97. The van der Waals surface area contributed by atoms with E-state index in [1.165, 1.54) is 4.90 Å². The maximum absolute atomic E-state index is 12.4. The zero-order valence-electron chi connectivity index (χ0n) is 13.0. The van der Waals surface area contributed by atoms with Crippen LogP contribution in [0.4, 0.5) is 0 Å². The number of nitrogens with zero attached hydrogens (tertiary/aromatic N) is 1. The van der Waals surface area contributed by atoms with Crippen LogP contribution in [0.3, 0.4) is 0 Å². The molecule has 0 bridgehead atoms. The Morgan fingerprint density at radius 3 is 2.65 bits per heavy atom. The molecule has 1 fully saturated rings. The zero-order valence-corrected chi connectivity index (χ0v) is 13.0. The fourth-order valence-electron chi connectivity index (χ4n) is 2.97. The molecule has 0 spiro atoms. The molecule has 2 aromatic rings. The van der Waals surface area contributed by atoms with Crippen molar-refractivity contribution in [3.63, 3.8) is 0 Å². The lowest BCUT2D eigenvalue weighted by Gasteiger charge is -2.13. The van der Waals surface area contributed by atoms with Crippen molar-refractivity contribution in [3.8, 4) is 0 Å². The van der Waals surface area contributed by atoms with Crippen LogP contribution in [0.5, 0.6) is 0 Å². The van der Waals surface area contributed by atoms with E-state index in [0.29, 0.717) is 37.9 Å². The Kier molecular flexibility index (Phi) is 4.14. The minimum atomic E-state index is -0.140. The first kappa shape index (κ1) is 15.3. The van der Waals surface area contributed by atoms with Gasteiger partial charge in [-0.3, -0.25) is 19.3 Å². The van der Waals surface area contributed by atoms with E-state index in [9.17, 15) is 14.4 Å². The van der Waals surface area contributed by atoms with Crippen LogP contribution in [0.1, 0.15) is 35.3 Å². The molecule has 0 saturated carbocycles. The highest BCUT2D eigenvalue weighted by Gasteiger charge is 2.28. The molecule has 3 rings (SSSR count). The summed E-state index contributed by atoms with van der Waals surface area (Å²) in [5.41, 5.74) is 2.41. The van der Waals surface area contributed by atoms with Crippen molar-refractivity contribution in [1.82, 2.24) is 15.2 Å². The Morgan fingerprint density at radius 2 is 1.91 bits per heavy atom. The predicted molar refractivity (Wildman–Crippen MR) is 85.9 cm³/mol. The van der Waals surface area contributed by atoms with Gasteiger partial charge in [0.25, 0.3) is 5.91 Å². The van der Waals surface area contributed by atoms with E-state index in [1.54, 1.807) is 0 Å². The Balaban J connectivity index is 1.58. The summed E-state index contributed by atoms with van der Waals surface area (Å²) < 4.78 is 0. The van der Waals surface area contributed by atoms with Crippen molar-refractivity contribution in [2.75, 3.05) is 13.1 Å². The summed E-state index contributed by atoms with van der Waals surface area (Å²) in [4.78, 5) is 39.9. The van der Waals surface area contributed by atoms with Crippen LogP contribution in [-0.2, 0) is 9.59 Å². The summed E-state index contributed by atoms with van der Waals surface area (Å²) in [6, 6.07) is 7.67. The summed E-state index contributed by atoms with van der Waals surface area (Å²) in [5, 5.41) is 3.76. The number of likely N-dealkylation sites (tertiary alicyclic amines) is 1. The Bertz CT molecular complexity index is 762. The molecule has 0 aliphatic carbocycles. The molecule has 6 nitrogen and oxygen atoms in total. The molecule has 1 saturated heterocycles. The Morgan fingerprint density at radius 1 is 1.22 bits per heavy atom. The van der Waals surface area contributed by atoms with E-state index < -0.39 is 0 Å². The lowest BCUT2D eigenvalue weighted by Crippen LogP contribution is -2.33. The summed E-state index contributed by atoms with van der Waals surface area (Å²) in [6.45, 7) is 2.66. The summed E-state index contributed by atoms with van der Waals surface area (Å²) in [6.07, 6.45) is 1.17. The van der Waals surface area contributed by atoms with Crippen LogP contribution in [0.2, 0.25) is 0 Å². The Labute approximate surface area is 133 Å². The molecule has 1 aromatic carbocycles. The number of benzene rings is 1. The molecule has 3 amide bonds. The standard InChI is InChI=1S/C17H19N3O3/c1-11-16(12-5-2-3-6-13(12)19-11)17(23)18-9-4-10-20-14(21)7-8-15(20)22/h2-3,5-6,19H,4,7-10H2,1H3,(H,18,23). The van der Waals surface area contributed by atoms with Crippen LogP contribution in [0.15, 0.2) is 24.3 Å². The maximum Gasteiger partial charge on any atom is 0.253 e. The number of imide groups is 1. The van der Waals surface area contributed by atoms with Gasteiger partial charge in [-0.15, -0.1) is 0 Å². The number of rotatable bonds is 5. The van der Waals surface area contributed by atoms with E-state index in [0.717, 1.165) is 16.6 Å². The van der Waals surface area contributed by atoms with E-state index in [4.69, 9.17) is 0 Å². The average molecular weight is 313 g/mol. The maximum atomic E-state index is 12.4. The largest absolute Gasteiger partial charge is 0.358 e. The molecule has 23 heavy (non-hydrogen) atoms. The third-order valence-electron chi connectivity index (χ3n) is 4.12. The van der Waals surface area contributed by atoms with Gasteiger partial charge in [0.05, 0.1) is 5.56 Å². The van der Waals surface area contributed by atoms with Gasteiger partial charge < -0.3 is 10.3 Å². The number of amides is 3. The number of hydrogen-bond donors (Lipinski definition) is 2.